The van der Waals surface area contributed by atoms with Gasteiger partial charge >= 0.3 is 6.03 Å². The van der Waals surface area contributed by atoms with E-state index in [1.807, 2.05) is 51.1 Å². The monoisotopic (exact) mass is 376 g/mol. The molecule has 0 spiro atoms. The van der Waals surface area contributed by atoms with Crippen molar-refractivity contribution in [2.45, 2.75) is 20.8 Å². The van der Waals surface area contributed by atoms with E-state index in [1.165, 1.54) is 0 Å². The predicted octanol–water partition coefficient (Wildman–Crippen LogP) is 4.57. The Morgan fingerprint density at radius 3 is 2.39 bits per heavy atom. The molecule has 0 aliphatic carbocycles. The summed E-state index contributed by atoms with van der Waals surface area (Å²) < 4.78 is 6.52. The molecule has 23 heavy (non-hydrogen) atoms. The molecular formula is C18H21BrN2O2. The van der Waals surface area contributed by atoms with Gasteiger partial charge in [0.25, 0.3) is 0 Å². The number of aryl methyl sites for hydroxylation is 3. The van der Waals surface area contributed by atoms with Gasteiger partial charge in [-0.15, -0.1) is 0 Å². The van der Waals surface area contributed by atoms with Gasteiger partial charge in [-0.3, -0.25) is 0 Å². The summed E-state index contributed by atoms with van der Waals surface area (Å²) in [5.74, 6) is 0.825. The molecule has 0 atom stereocenters. The van der Waals surface area contributed by atoms with E-state index in [1.54, 1.807) is 0 Å². The van der Waals surface area contributed by atoms with Crippen molar-refractivity contribution in [3.8, 4) is 5.75 Å². The number of anilines is 1. The van der Waals surface area contributed by atoms with Crippen LogP contribution in [0.1, 0.15) is 16.7 Å². The van der Waals surface area contributed by atoms with Gasteiger partial charge < -0.3 is 15.4 Å². The van der Waals surface area contributed by atoms with Crippen molar-refractivity contribution in [3.63, 3.8) is 0 Å². The largest absolute Gasteiger partial charge is 0.492 e. The van der Waals surface area contributed by atoms with E-state index in [-0.39, 0.29) is 6.03 Å². The first kappa shape index (κ1) is 17.3. The van der Waals surface area contributed by atoms with Crippen molar-refractivity contribution < 1.29 is 9.53 Å². The number of ether oxygens (including phenoxy) is 1. The summed E-state index contributed by atoms with van der Waals surface area (Å²) in [5, 5.41) is 5.58. The molecule has 2 aromatic carbocycles. The molecule has 122 valence electrons. The minimum atomic E-state index is -0.251. The lowest BCUT2D eigenvalue weighted by molar-refractivity contribution is 0.247. The van der Waals surface area contributed by atoms with Crippen LogP contribution < -0.4 is 15.4 Å². The number of urea groups is 1. The highest BCUT2D eigenvalue weighted by Gasteiger charge is 2.05. The Hall–Kier alpha value is -2.01. The Balaban J connectivity index is 1.76. The first-order valence-electron chi connectivity index (χ1n) is 7.46. The summed E-state index contributed by atoms with van der Waals surface area (Å²) >= 11 is 3.43. The average Bonchev–Trinajstić information content (AvgIpc) is 2.46. The Morgan fingerprint density at radius 2 is 1.74 bits per heavy atom. The first-order valence-corrected chi connectivity index (χ1v) is 8.25. The van der Waals surface area contributed by atoms with E-state index in [0.29, 0.717) is 13.2 Å². The maximum Gasteiger partial charge on any atom is 0.319 e. The van der Waals surface area contributed by atoms with E-state index in [4.69, 9.17) is 4.74 Å². The fourth-order valence-corrected chi connectivity index (χ4v) is 2.83. The summed E-state index contributed by atoms with van der Waals surface area (Å²) in [7, 11) is 0. The Bertz CT molecular complexity index is 681. The highest BCUT2D eigenvalue weighted by Crippen LogP contribution is 2.23. The highest BCUT2D eigenvalue weighted by molar-refractivity contribution is 9.10. The molecule has 0 radical (unpaired) electrons. The minimum absolute atomic E-state index is 0.251. The van der Waals surface area contributed by atoms with E-state index in [2.05, 4.69) is 32.6 Å². The van der Waals surface area contributed by atoms with Gasteiger partial charge in [-0.1, -0.05) is 12.1 Å². The van der Waals surface area contributed by atoms with E-state index >= 15 is 0 Å². The lowest BCUT2D eigenvalue weighted by atomic mass is 10.1. The van der Waals surface area contributed by atoms with Gasteiger partial charge in [0.15, 0.2) is 0 Å². The summed E-state index contributed by atoms with van der Waals surface area (Å²) in [6.45, 7) is 6.92. The molecule has 5 heteroatoms. The Kier molecular flexibility index (Phi) is 6.04. The third kappa shape index (κ3) is 5.60. The van der Waals surface area contributed by atoms with Gasteiger partial charge in [0, 0.05) is 4.47 Å². The molecule has 0 aliphatic rings. The van der Waals surface area contributed by atoms with Gasteiger partial charge in [0.2, 0.25) is 0 Å². The van der Waals surface area contributed by atoms with Crippen LogP contribution in [0.3, 0.4) is 0 Å². The quantitative estimate of drug-likeness (QED) is 0.750. The Morgan fingerprint density at radius 1 is 1.04 bits per heavy atom. The van der Waals surface area contributed by atoms with Crippen LogP contribution in [-0.4, -0.2) is 19.2 Å². The number of nitrogens with one attached hydrogen (secondary N) is 2. The molecule has 2 rings (SSSR count). The zero-order chi connectivity index (χ0) is 16.8. The molecule has 0 saturated carbocycles. The number of amides is 2. The second-order valence-corrected chi connectivity index (χ2v) is 6.39. The highest BCUT2D eigenvalue weighted by atomic mass is 79.9. The molecule has 4 nitrogen and oxygen atoms in total. The van der Waals surface area contributed by atoms with Crippen molar-refractivity contribution in [2.75, 3.05) is 18.5 Å². The van der Waals surface area contributed by atoms with Gasteiger partial charge in [0.05, 0.1) is 12.2 Å². The number of carbonyl (C=O) groups is 1. The van der Waals surface area contributed by atoms with Crippen LogP contribution in [0.2, 0.25) is 0 Å². The molecule has 0 fully saturated rings. The van der Waals surface area contributed by atoms with Crippen LogP contribution >= 0.6 is 15.9 Å². The predicted molar refractivity (Wildman–Crippen MR) is 97.3 cm³/mol. The van der Waals surface area contributed by atoms with Crippen molar-refractivity contribution in [1.29, 1.82) is 0 Å². The Labute approximate surface area is 145 Å². The van der Waals surface area contributed by atoms with Crippen LogP contribution in [-0.2, 0) is 0 Å². The lowest BCUT2D eigenvalue weighted by Crippen LogP contribution is -2.32. The third-order valence-corrected chi connectivity index (χ3v) is 3.88. The summed E-state index contributed by atoms with van der Waals surface area (Å²) in [6, 6.07) is 11.6. The number of rotatable bonds is 5. The van der Waals surface area contributed by atoms with Crippen molar-refractivity contribution in [3.05, 3.63) is 57.6 Å². The van der Waals surface area contributed by atoms with Gasteiger partial charge in [-0.2, -0.15) is 0 Å². The standard InChI is InChI=1S/C18H21BrN2O2/c1-12-4-5-17(16(19)11-12)21-18(22)20-6-7-23-15-9-13(2)8-14(3)10-15/h4-5,8-11H,6-7H2,1-3H3,(H2,20,21,22). The maximum absolute atomic E-state index is 11.9. The van der Waals surface area contributed by atoms with Crippen molar-refractivity contribution in [1.82, 2.24) is 5.32 Å². The number of hydrogen-bond acceptors (Lipinski definition) is 2. The van der Waals surface area contributed by atoms with Crippen LogP contribution in [0.15, 0.2) is 40.9 Å². The number of benzene rings is 2. The topological polar surface area (TPSA) is 50.4 Å². The number of hydrogen-bond donors (Lipinski definition) is 2. The average molecular weight is 377 g/mol. The van der Waals surface area contributed by atoms with Crippen LogP contribution in [0, 0.1) is 20.8 Å². The molecule has 0 aliphatic heterocycles. The van der Waals surface area contributed by atoms with Crippen LogP contribution in [0.4, 0.5) is 10.5 Å². The van der Waals surface area contributed by atoms with Crippen molar-refractivity contribution in [2.24, 2.45) is 0 Å². The maximum atomic E-state index is 11.9. The van der Waals surface area contributed by atoms with E-state index < -0.39 is 0 Å². The van der Waals surface area contributed by atoms with E-state index in [0.717, 1.165) is 32.6 Å². The molecule has 2 N–H and O–H groups in total. The summed E-state index contributed by atoms with van der Waals surface area (Å²) in [6.07, 6.45) is 0. The third-order valence-electron chi connectivity index (χ3n) is 3.22. The second kappa shape index (κ2) is 8.02. The van der Waals surface area contributed by atoms with Gasteiger partial charge in [-0.05, 0) is 77.7 Å². The fraction of sp³-hybridized carbons (Fsp3) is 0.278. The molecule has 2 amide bonds. The van der Waals surface area contributed by atoms with Gasteiger partial charge in [0.1, 0.15) is 12.4 Å². The fourth-order valence-electron chi connectivity index (χ4n) is 2.24. The molecule has 0 heterocycles. The number of halogens is 1. The zero-order valence-electron chi connectivity index (χ0n) is 13.6. The molecular weight excluding hydrogens is 356 g/mol. The zero-order valence-corrected chi connectivity index (χ0v) is 15.2. The molecule has 0 aromatic heterocycles. The summed E-state index contributed by atoms with van der Waals surface area (Å²) in [5.41, 5.74) is 4.19. The number of carbonyl (C=O) groups excluding carboxylic acids is 1. The molecule has 0 bridgehead atoms. The SMILES string of the molecule is Cc1cc(C)cc(OCCNC(=O)Nc2ccc(C)cc2Br)c1. The first-order chi connectivity index (χ1) is 10.9. The second-order valence-electron chi connectivity index (χ2n) is 5.54. The van der Waals surface area contributed by atoms with Gasteiger partial charge in [-0.25, -0.2) is 4.79 Å². The van der Waals surface area contributed by atoms with Crippen LogP contribution in [0.25, 0.3) is 0 Å². The minimum Gasteiger partial charge on any atom is -0.492 e. The van der Waals surface area contributed by atoms with Crippen LogP contribution in [0.5, 0.6) is 5.75 Å². The van der Waals surface area contributed by atoms with E-state index in [9.17, 15) is 4.79 Å². The molecule has 0 saturated heterocycles. The molecule has 2 aromatic rings. The normalized spacial score (nSPS) is 10.3. The smallest absolute Gasteiger partial charge is 0.319 e. The lowest BCUT2D eigenvalue weighted by Gasteiger charge is -2.11. The van der Waals surface area contributed by atoms with Crippen molar-refractivity contribution >= 4 is 27.6 Å². The molecule has 0 unspecified atom stereocenters. The summed E-state index contributed by atoms with van der Waals surface area (Å²) in [4.78, 5) is 11.9.